The van der Waals surface area contributed by atoms with Gasteiger partial charge in [-0.3, -0.25) is 18.8 Å². The van der Waals surface area contributed by atoms with Gasteiger partial charge in [0.25, 0.3) is 5.56 Å². The fourth-order valence-electron chi connectivity index (χ4n) is 2.49. The highest BCUT2D eigenvalue weighted by atomic mass is 32.1. The third kappa shape index (κ3) is 2.89. The molecule has 25 heavy (non-hydrogen) atoms. The summed E-state index contributed by atoms with van der Waals surface area (Å²) in [4.78, 5) is 32.9. The topological polar surface area (TPSA) is 91.9 Å². The molecular weight excluding hydrogens is 342 g/mol. The summed E-state index contributed by atoms with van der Waals surface area (Å²) in [5.41, 5.74) is 1.03. The molecule has 126 valence electrons. The molecule has 0 fully saturated rings. The van der Waals surface area contributed by atoms with Crippen molar-refractivity contribution < 1.29 is 9.53 Å². The van der Waals surface area contributed by atoms with Crippen molar-refractivity contribution in [3.8, 4) is 0 Å². The van der Waals surface area contributed by atoms with E-state index in [1.807, 2.05) is 24.3 Å². The summed E-state index contributed by atoms with van der Waals surface area (Å²) in [5, 5.41) is 5.07. The Bertz CT molecular complexity index is 1110. The Morgan fingerprint density at radius 3 is 3.00 bits per heavy atom. The lowest BCUT2D eigenvalue weighted by molar-refractivity contribution is -0.145. The van der Waals surface area contributed by atoms with Gasteiger partial charge in [0.05, 0.1) is 16.4 Å². The zero-order valence-corrected chi connectivity index (χ0v) is 14.1. The van der Waals surface area contributed by atoms with Gasteiger partial charge in [0, 0.05) is 7.05 Å². The number of nitrogens with zero attached hydrogens (tertiary/aromatic N) is 5. The van der Waals surface area contributed by atoms with Gasteiger partial charge in [0.1, 0.15) is 29.9 Å². The molecule has 8 nitrogen and oxygen atoms in total. The van der Waals surface area contributed by atoms with Crippen LogP contribution in [0.3, 0.4) is 0 Å². The summed E-state index contributed by atoms with van der Waals surface area (Å²) in [5.74, 6) is -0.522. The zero-order valence-electron chi connectivity index (χ0n) is 13.2. The maximum Gasteiger partial charge on any atom is 0.326 e. The highest BCUT2D eigenvalue weighted by molar-refractivity contribution is 7.18. The molecule has 4 rings (SSSR count). The molecule has 4 aromatic rings. The van der Waals surface area contributed by atoms with Crippen molar-refractivity contribution in [3.05, 3.63) is 52.2 Å². The van der Waals surface area contributed by atoms with Crippen molar-refractivity contribution in [1.82, 2.24) is 24.3 Å². The molecule has 3 aromatic heterocycles. The van der Waals surface area contributed by atoms with Gasteiger partial charge in [-0.1, -0.05) is 12.1 Å². The number of aryl methyl sites for hydroxylation is 1. The molecular formula is C16H13N5O3S. The number of carbonyl (C=O) groups excluding carboxylic acids is 1. The van der Waals surface area contributed by atoms with E-state index in [-0.39, 0.29) is 18.7 Å². The number of aromatic nitrogens is 5. The lowest BCUT2D eigenvalue weighted by atomic mass is 10.3. The molecule has 0 aliphatic rings. The van der Waals surface area contributed by atoms with Crippen LogP contribution in [0.2, 0.25) is 0 Å². The summed E-state index contributed by atoms with van der Waals surface area (Å²) in [6.07, 6.45) is 2.76. The minimum absolute atomic E-state index is 0.0789. The Hall–Kier alpha value is -3.07. The first-order valence-electron chi connectivity index (χ1n) is 7.49. The van der Waals surface area contributed by atoms with E-state index < -0.39 is 5.97 Å². The maximum absolute atomic E-state index is 12.3. The molecule has 0 amide bonds. The minimum atomic E-state index is -0.522. The summed E-state index contributed by atoms with van der Waals surface area (Å²) in [7, 11) is 1.70. The summed E-state index contributed by atoms with van der Waals surface area (Å²) < 4.78 is 8.99. The van der Waals surface area contributed by atoms with Crippen LogP contribution in [0.5, 0.6) is 0 Å². The molecule has 0 saturated carbocycles. The van der Waals surface area contributed by atoms with Gasteiger partial charge in [0.2, 0.25) is 0 Å². The Labute approximate surface area is 145 Å². The van der Waals surface area contributed by atoms with Gasteiger partial charge in [-0.2, -0.15) is 5.10 Å². The number of hydrogen-bond donors (Lipinski definition) is 0. The monoisotopic (exact) mass is 355 g/mol. The fraction of sp³-hybridized carbons (Fsp3) is 0.188. The number of hydrogen-bond acceptors (Lipinski definition) is 7. The lowest BCUT2D eigenvalue weighted by Gasteiger charge is -2.05. The minimum Gasteiger partial charge on any atom is -0.457 e. The first-order chi connectivity index (χ1) is 12.1. The summed E-state index contributed by atoms with van der Waals surface area (Å²) in [6.45, 7) is -0.128. The molecule has 0 aliphatic heterocycles. The molecule has 0 spiro atoms. The second-order valence-corrected chi connectivity index (χ2v) is 6.53. The SMILES string of the molecule is Cn1ncc2c(=O)n(CC(=O)OCc3nc4ccccc4s3)cnc21. The lowest BCUT2D eigenvalue weighted by Crippen LogP contribution is -2.25. The summed E-state index contributed by atoms with van der Waals surface area (Å²) in [6, 6.07) is 7.72. The van der Waals surface area contributed by atoms with E-state index in [1.165, 1.54) is 33.1 Å². The zero-order chi connectivity index (χ0) is 17.4. The molecule has 9 heteroatoms. The molecule has 0 N–H and O–H groups in total. The van der Waals surface area contributed by atoms with E-state index in [9.17, 15) is 9.59 Å². The number of rotatable bonds is 4. The highest BCUT2D eigenvalue weighted by Crippen LogP contribution is 2.21. The van der Waals surface area contributed by atoms with Crippen LogP contribution in [-0.4, -0.2) is 30.3 Å². The predicted octanol–water partition coefficient (Wildman–Crippen LogP) is 1.48. The molecule has 0 saturated heterocycles. The molecule has 0 aliphatic carbocycles. The number of fused-ring (bicyclic) bond motifs is 2. The number of esters is 1. The van der Waals surface area contributed by atoms with Gasteiger partial charge < -0.3 is 4.74 Å². The predicted molar refractivity (Wildman–Crippen MR) is 92.2 cm³/mol. The second-order valence-electron chi connectivity index (χ2n) is 5.42. The number of thiazole rings is 1. The first-order valence-corrected chi connectivity index (χ1v) is 8.30. The molecule has 0 atom stereocenters. The molecule has 1 aromatic carbocycles. The van der Waals surface area contributed by atoms with Crippen LogP contribution in [-0.2, 0) is 29.7 Å². The van der Waals surface area contributed by atoms with E-state index >= 15 is 0 Å². The van der Waals surface area contributed by atoms with E-state index in [0.717, 1.165) is 10.2 Å². The van der Waals surface area contributed by atoms with E-state index in [2.05, 4.69) is 15.1 Å². The largest absolute Gasteiger partial charge is 0.457 e. The number of carbonyl (C=O) groups is 1. The summed E-state index contributed by atoms with van der Waals surface area (Å²) >= 11 is 1.47. The van der Waals surface area contributed by atoms with E-state index in [0.29, 0.717) is 16.0 Å². The third-order valence-corrected chi connectivity index (χ3v) is 4.72. The van der Waals surface area contributed by atoms with Crippen molar-refractivity contribution in [3.63, 3.8) is 0 Å². The van der Waals surface area contributed by atoms with Gasteiger partial charge in [0.15, 0.2) is 5.65 Å². The second kappa shape index (κ2) is 6.10. The average Bonchev–Trinajstić information content (AvgIpc) is 3.19. The average molecular weight is 355 g/mol. The van der Waals surface area contributed by atoms with Crippen molar-refractivity contribution >= 4 is 38.6 Å². The van der Waals surface area contributed by atoms with Crippen LogP contribution in [0.1, 0.15) is 5.01 Å². The Kier molecular flexibility index (Phi) is 3.77. The Morgan fingerprint density at radius 1 is 1.32 bits per heavy atom. The fourth-order valence-corrected chi connectivity index (χ4v) is 3.37. The number of ether oxygens (including phenoxy) is 1. The van der Waals surface area contributed by atoms with Crippen molar-refractivity contribution in [2.45, 2.75) is 13.2 Å². The van der Waals surface area contributed by atoms with E-state index in [4.69, 9.17) is 4.74 Å². The van der Waals surface area contributed by atoms with Crippen molar-refractivity contribution in [2.75, 3.05) is 0 Å². The van der Waals surface area contributed by atoms with Crippen LogP contribution in [0, 0.1) is 0 Å². The molecule has 0 bridgehead atoms. The Balaban J connectivity index is 1.47. The first kappa shape index (κ1) is 15.5. The molecule has 3 heterocycles. The maximum atomic E-state index is 12.3. The highest BCUT2D eigenvalue weighted by Gasteiger charge is 2.12. The van der Waals surface area contributed by atoms with Crippen LogP contribution >= 0.6 is 11.3 Å². The third-order valence-electron chi connectivity index (χ3n) is 3.71. The van der Waals surface area contributed by atoms with Crippen LogP contribution in [0.25, 0.3) is 21.3 Å². The number of para-hydroxylation sites is 1. The van der Waals surface area contributed by atoms with Crippen LogP contribution < -0.4 is 5.56 Å². The number of benzene rings is 1. The molecule has 0 radical (unpaired) electrons. The van der Waals surface area contributed by atoms with Crippen molar-refractivity contribution in [2.24, 2.45) is 7.05 Å². The smallest absolute Gasteiger partial charge is 0.326 e. The van der Waals surface area contributed by atoms with Gasteiger partial charge >= 0.3 is 5.97 Å². The van der Waals surface area contributed by atoms with Gasteiger partial charge in [-0.25, -0.2) is 9.97 Å². The molecule has 0 unspecified atom stereocenters. The normalized spacial score (nSPS) is 11.2. The quantitative estimate of drug-likeness (QED) is 0.515. The van der Waals surface area contributed by atoms with Crippen molar-refractivity contribution in [1.29, 1.82) is 0 Å². The standard InChI is InChI=1S/C16H13N5O3S/c1-20-15-10(6-18-20)16(23)21(9-17-15)7-14(22)24-8-13-19-11-4-2-3-5-12(11)25-13/h2-6,9H,7-8H2,1H3. The van der Waals surface area contributed by atoms with E-state index in [1.54, 1.807) is 7.05 Å². The Morgan fingerprint density at radius 2 is 2.16 bits per heavy atom. The van der Waals surface area contributed by atoms with Crippen LogP contribution in [0.4, 0.5) is 0 Å². The van der Waals surface area contributed by atoms with Crippen LogP contribution in [0.15, 0.2) is 41.6 Å². The van der Waals surface area contributed by atoms with Gasteiger partial charge in [-0.05, 0) is 12.1 Å². The van der Waals surface area contributed by atoms with Gasteiger partial charge in [-0.15, -0.1) is 11.3 Å².